The Morgan fingerprint density at radius 1 is 1.06 bits per heavy atom. The lowest BCUT2D eigenvalue weighted by atomic mass is 10.2. The zero-order chi connectivity index (χ0) is 21.9. The quantitative estimate of drug-likeness (QED) is 0.328. The van der Waals surface area contributed by atoms with Crippen molar-refractivity contribution in [3.8, 4) is 5.75 Å². The Labute approximate surface area is 184 Å². The largest absolute Gasteiger partial charge is 0.497 e. The molecule has 1 saturated heterocycles. The maximum Gasteiger partial charge on any atom is 0.251 e. The number of carbonyl (C=O) groups excluding carboxylic acids is 1. The molecule has 7 nitrogen and oxygen atoms in total. The van der Waals surface area contributed by atoms with Crippen LogP contribution < -0.4 is 20.7 Å². The third-order valence-electron chi connectivity index (χ3n) is 5.51. The molecule has 0 spiro atoms. The van der Waals surface area contributed by atoms with Crippen LogP contribution in [-0.4, -0.2) is 63.1 Å². The second-order valence-electron chi connectivity index (χ2n) is 7.62. The van der Waals surface area contributed by atoms with Gasteiger partial charge in [-0.2, -0.15) is 0 Å². The zero-order valence-electron chi connectivity index (χ0n) is 18.4. The normalized spacial score (nSPS) is 16.7. The van der Waals surface area contributed by atoms with E-state index in [4.69, 9.17) is 4.74 Å². The number of benzene rings is 2. The fraction of sp³-hybridized carbons (Fsp3) is 0.417. The van der Waals surface area contributed by atoms with Crippen LogP contribution in [0.2, 0.25) is 0 Å². The minimum atomic E-state index is -0.102. The lowest BCUT2D eigenvalue weighted by Crippen LogP contribution is -2.46. The Balaban J connectivity index is 1.36. The third-order valence-corrected chi connectivity index (χ3v) is 5.51. The van der Waals surface area contributed by atoms with Gasteiger partial charge in [-0.25, -0.2) is 0 Å². The maximum atomic E-state index is 12.2. The van der Waals surface area contributed by atoms with Crippen molar-refractivity contribution in [2.24, 2.45) is 4.99 Å². The van der Waals surface area contributed by atoms with Crippen LogP contribution in [0.25, 0.3) is 0 Å². The Bertz CT molecular complexity index is 839. The Morgan fingerprint density at radius 3 is 2.52 bits per heavy atom. The summed E-state index contributed by atoms with van der Waals surface area (Å²) < 4.78 is 5.12. The van der Waals surface area contributed by atoms with Gasteiger partial charge in [0.05, 0.1) is 7.11 Å². The summed E-state index contributed by atoms with van der Waals surface area (Å²) in [5.41, 5.74) is 1.97. The van der Waals surface area contributed by atoms with Crippen LogP contribution in [0.3, 0.4) is 0 Å². The number of hydrogen-bond donors (Lipinski definition) is 3. The summed E-state index contributed by atoms with van der Waals surface area (Å²) in [7, 11) is 3.37. The summed E-state index contributed by atoms with van der Waals surface area (Å²) in [6.07, 6.45) is 2.41. The number of nitrogens with zero attached hydrogens (tertiary/aromatic N) is 2. The van der Waals surface area contributed by atoms with E-state index < -0.39 is 0 Å². The number of likely N-dealkylation sites (tertiary alicyclic amines) is 1. The highest BCUT2D eigenvalue weighted by molar-refractivity contribution is 5.94. The lowest BCUT2D eigenvalue weighted by Gasteiger charge is -2.25. The van der Waals surface area contributed by atoms with E-state index in [0.29, 0.717) is 24.7 Å². The van der Waals surface area contributed by atoms with E-state index in [1.165, 1.54) is 18.4 Å². The van der Waals surface area contributed by atoms with E-state index in [1.54, 1.807) is 38.4 Å². The van der Waals surface area contributed by atoms with Crippen molar-refractivity contribution >= 4 is 11.9 Å². The number of carbonyl (C=O) groups is 1. The van der Waals surface area contributed by atoms with Gasteiger partial charge in [0.2, 0.25) is 0 Å². The molecule has 0 saturated carbocycles. The van der Waals surface area contributed by atoms with Crippen molar-refractivity contribution in [3.63, 3.8) is 0 Å². The standard InChI is InChI=1S/C24H33N5O2/c1-25-24(27-15-14-26-23(30)20-10-12-22(31-2)13-11-20)28-17-21-9-6-16-29(21)18-19-7-4-3-5-8-19/h3-5,7-8,10-13,21H,6,9,14-18H2,1-2H3,(H,26,30)(H2,25,27,28). The molecule has 2 aromatic rings. The van der Waals surface area contributed by atoms with Crippen LogP contribution in [0.4, 0.5) is 0 Å². The second-order valence-corrected chi connectivity index (χ2v) is 7.62. The Kier molecular flexibility index (Phi) is 8.72. The van der Waals surface area contributed by atoms with E-state index >= 15 is 0 Å². The number of ether oxygens (including phenoxy) is 1. The SMILES string of the molecule is CN=C(NCCNC(=O)c1ccc(OC)cc1)NCC1CCCN1Cc1ccccc1. The Morgan fingerprint density at radius 2 is 1.81 bits per heavy atom. The molecule has 3 rings (SSSR count). The summed E-state index contributed by atoms with van der Waals surface area (Å²) in [4.78, 5) is 19.0. The second kappa shape index (κ2) is 12.0. The van der Waals surface area contributed by atoms with Gasteiger partial charge in [-0.3, -0.25) is 14.7 Å². The van der Waals surface area contributed by atoms with Gasteiger partial charge in [0.25, 0.3) is 5.91 Å². The van der Waals surface area contributed by atoms with Crippen LogP contribution in [0.15, 0.2) is 59.6 Å². The molecule has 3 N–H and O–H groups in total. The van der Waals surface area contributed by atoms with Crippen LogP contribution in [0, 0.1) is 0 Å². The molecule has 31 heavy (non-hydrogen) atoms. The topological polar surface area (TPSA) is 78.0 Å². The highest BCUT2D eigenvalue weighted by Gasteiger charge is 2.24. The predicted molar refractivity (Wildman–Crippen MR) is 125 cm³/mol. The summed E-state index contributed by atoms with van der Waals surface area (Å²) in [5, 5.41) is 9.61. The molecule has 0 bridgehead atoms. The van der Waals surface area contributed by atoms with E-state index in [9.17, 15) is 4.79 Å². The van der Waals surface area contributed by atoms with Gasteiger partial charge in [-0.15, -0.1) is 0 Å². The number of aliphatic imine (C=N–C) groups is 1. The molecule has 0 radical (unpaired) electrons. The van der Waals surface area contributed by atoms with E-state index in [1.807, 2.05) is 0 Å². The summed E-state index contributed by atoms with van der Waals surface area (Å²) in [5.74, 6) is 1.39. The van der Waals surface area contributed by atoms with Gasteiger partial charge in [-0.05, 0) is 49.2 Å². The van der Waals surface area contributed by atoms with Crippen molar-refractivity contribution < 1.29 is 9.53 Å². The highest BCUT2D eigenvalue weighted by Crippen LogP contribution is 2.19. The number of amides is 1. The highest BCUT2D eigenvalue weighted by atomic mass is 16.5. The van der Waals surface area contributed by atoms with Gasteiger partial charge in [-0.1, -0.05) is 30.3 Å². The fourth-order valence-corrected chi connectivity index (χ4v) is 3.79. The monoisotopic (exact) mass is 423 g/mol. The van der Waals surface area contributed by atoms with Crippen molar-refractivity contribution in [2.75, 3.05) is 40.3 Å². The molecule has 1 heterocycles. The summed E-state index contributed by atoms with van der Waals surface area (Å²) in [6.45, 7) is 4.07. The molecule has 0 aromatic heterocycles. The third kappa shape index (κ3) is 7.00. The van der Waals surface area contributed by atoms with Gasteiger partial charge in [0.15, 0.2) is 5.96 Å². The van der Waals surface area contributed by atoms with Crippen LogP contribution in [0.5, 0.6) is 5.75 Å². The molecule has 1 aliphatic heterocycles. The minimum absolute atomic E-state index is 0.102. The van der Waals surface area contributed by atoms with E-state index in [2.05, 4.69) is 56.2 Å². The van der Waals surface area contributed by atoms with E-state index in [0.717, 1.165) is 31.3 Å². The molecule has 1 aliphatic rings. The molecular formula is C24H33N5O2. The predicted octanol–water partition coefficient (Wildman–Crippen LogP) is 2.25. The van der Waals surface area contributed by atoms with Gasteiger partial charge >= 0.3 is 0 Å². The molecule has 166 valence electrons. The van der Waals surface area contributed by atoms with Crippen molar-refractivity contribution in [3.05, 3.63) is 65.7 Å². The van der Waals surface area contributed by atoms with Crippen LogP contribution in [0.1, 0.15) is 28.8 Å². The number of rotatable bonds is 9. The molecule has 1 fully saturated rings. The number of methoxy groups -OCH3 is 1. The molecule has 1 atom stereocenters. The first-order valence-electron chi connectivity index (χ1n) is 10.8. The van der Waals surface area contributed by atoms with Crippen molar-refractivity contribution in [2.45, 2.75) is 25.4 Å². The average molecular weight is 424 g/mol. The number of hydrogen-bond acceptors (Lipinski definition) is 4. The van der Waals surface area contributed by atoms with Crippen molar-refractivity contribution in [1.29, 1.82) is 0 Å². The molecule has 0 aliphatic carbocycles. The first-order valence-corrected chi connectivity index (χ1v) is 10.8. The maximum absolute atomic E-state index is 12.2. The van der Waals surface area contributed by atoms with E-state index in [-0.39, 0.29) is 5.91 Å². The summed E-state index contributed by atoms with van der Waals surface area (Å²) >= 11 is 0. The molecular weight excluding hydrogens is 390 g/mol. The fourth-order valence-electron chi connectivity index (χ4n) is 3.79. The first-order chi connectivity index (χ1) is 15.2. The Hall–Kier alpha value is -3.06. The molecule has 7 heteroatoms. The zero-order valence-corrected chi connectivity index (χ0v) is 18.4. The number of guanidine groups is 1. The van der Waals surface area contributed by atoms with Crippen LogP contribution in [-0.2, 0) is 6.54 Å². The molecule has 1 unspecified atom stereocenters. The smallest absolute Gasteiger partial charge is 0.251 e. The lowest BCUT2D eigenvalue weighted by molar-refractivity contribution is 0.0954. The molecule has 1 amide bonds. The first kappa shape index (κ1) is 22.6. The van der Waals surface area contributed by atoms with Crippen LogP contribution >= 0.6 is 0 Å². The van der Waals surface area contributed by atoms with Gasteiger partial charge < -0.3 is 20.7 Å². The van der Waals surface area contributed by atoms with Gasteiger partial charge in [0, 0.05) is 44.8 Å². The summed E-state index contributed by atoms with van der Waals surface area (Å²) in [6, 6.07) is 18.2. The van der Waals surface area contributed by atoms with Crippen molar-refractivity contribution in [1.82, 2.24) is 20.9 Å². The van der Waals surface area contributed by atoms with Gasteiger partial charge in [0.1, 0.15) is 5.75 Å². The minimum Gasteiger partial charge on any atom is -0.497 e. The average Bonchev–Trinajstić information content (AvgIpc) is 3.26. The number of nitrogens with one attached hydrogen (secondary N) is 3. The molecule has 2 aromatic carbocycles.